The zero-order valence-corrected chi connectivity index (χ0v) is 5.45. The molecule has 0 saturated heterocycles. The summed E-state index contributed by atoms with van der Waals surface area (Å²) in [6, 6.07) is 9.37. The molecule has 0 aliphatic carbocycles. The number of benzene rings is 1. The number of carbonyl (C=O) groups is 1. The fourth-order valence-corrected chi connectivity index (χ4v) is 0.701. The molecule has 1 rings (SSSR count). The van der Waals surface area contributed by atoms with Gasteiger partial charge in [-0.1, -0.05) is 24.3 Å². The summed E-state index contributed by atoms with van der Waals surface area (Å²) in [5.41, 5.74) is 6.24. The fraction of sp³-hybridized carbons (Fsp3) is 0.125. The molecule has 2 heteroatoms. The molecule has 0 amide bonds. The minimum Gasteiger partial charge on any atom is -0.318 e. The largest absolute Gasteiger partial charge is 0.318 e. The van der Waals surface area contributed by atoms with E-state index in [1.54, 1.807) is 24.3 Å². The number of nitrogens with two attached hydrogens (primary N) is 1. The summed E-state index contributed by atoms with van der Waals surface area (Å²) in [5, 5.41) is 0. The Morgan fingerprint density at radius 3 is 2.60 bits per heavy atom. The van der Waals surface area contributed by atoms with E-state index >= 15 is 0 Å². The molecule has 2 nitrogen and oxygen atoms in total. The van der Waals surface area contributed by atoms with Gasteiger partial charge in [-0.25, -0.2) is 0 Å². The first kappa shape index (κ1) is 6.96. The van der Waals surface area contributed by atoms with Gasteiger partial charge in [0, 0.05) is 0 Å². The molecule has 0 aliphatic rings. The van der Waals surface area contributed by atoms with Crippen molar-refractivity contribution in [1.29, 1.82) is 0 Å². The molecule has 2 N–H and O–H groups in total. The van der Waals surface area contributed by atoms with Crippen molar-refractivity contribution in [3.05, 3.63) is 35.9 Å². The Morgan fingerprint density at radius 2 is 2.10 bits per heavy atom. The summed E-state index contributed by atoms with van der Waals surface area (Å²) >= 11 is 0. The third-order valence-corrected chi connectivity index (χ3v) is 1.28. The average molecular weight is 134 g/mol. The molecule has 0 bridgehead atoms. The van der Waals surface area contributed by atoms with Gasteiger partial charge >= 0.3 is 0 Å². The van der Waals surface area contributed by atoms with Crippen LogP contribution in [0.3, 0.4) is 0 Å². The van der Waals surface area contributed by atoms with E-state index < -0.39 is 6.04 Å². The van der Waals surface area contributed by atoms with Crippen molar-refractivity contribution in [3.8, 4) is 0 Å². The van der Waals surface area contributed by atoms with Crippen LogP contribution in [0.25, 0.3) is 0 Å². The summed E-state index contributed by atoms with van der Waals surface area (Å²) in [7, 11) is 0. The van der Waals surface area contributed by atoms with Crippen LogP contribution in [0.2, 0.25) is 0 Å². The van der Waals surface area contributed by atoms with Gasteiger partial charge in [-0.3, -0.25) is 0 Å². The van der Waals surface area contributed by atoms with E-state index in [9.17, 15) is 4.79 Å². The van der Waals surface area contributed by atoms with Gasteiger partial charge in [0.15, 0.2) is 0 Å². The highest BCUT2D eigenvalue weighted by Gasteiger charge is 2.00. The van der Waals surface area contributed by atoms with Crippen molar-refractivity contribution in [3.63, 3.8) is 0 Å². The summed E-state index contributed by atoms with van der Waals surface area (Å²) in [4.78, 5) is 10.2. The van der Waals surface area contributed by atoms with Crippen molar-refractivity contribution in [2.75, 3.05) is 0 Å². The molecule has 10 heavy (non-hydrogen) atoms. The van der Waals surface area contributed by atoms with Crippen molar-refractivity contribution in [2.45, 2.75) is 6.04 Å². The Morgan fingerprint density at radius 1 is 1.50 bits per heavy atom. The molecule has 0 aromatic heterocycles. The highest BCUT2D eigenvalue weighted by molar-refractivity contribution is 5.60. The van der Waals surface area contributed by atoms with Crippen molar-refractivity contribution < 1.29 is 4.79 Å². The van der Waals surface area contributed by atoms with E-state index in [0.29, 0.717) is 0 Å². The first-order chi connectivity index (χ1) is 4.84. The van der Waals surface area contributed by atoms with E-state index in [1.807, 2.05) is 0 Å². The van der Waals surface area contributed by atoms with E-state index in [1.165, 1.54) is 0 Å². The number of hydrogen-bond acceptors (Lipinski definition) is 2. The van der Waals surface area contributed by atoms with Crippen LogP contribution in [0.1, 0.15) is 11.6 Å². The standard InChI is InChI=1S/C8H8NO/c9-8(6-10)7-4-2-1-3-5-7/h2-6,8H,9H2. The van der Waals surface area contributed by atoms with Crippen LogP contribution < -0.4 is 5.73 Å². The van der Waals surface area contributed by atoms with Gasteiger partial charge in [0.05, 0.1) is 6.04 Å². The Kier molecular flexibility index (Phi) is 2.18. The van der Waals surface area contributed by atoms with E-state index in [2.05, 4.69) is 6.07 Å². The molecule has 0 spiro atoms. The second-order valence-corrected chi connectivity index (χ2v) is 2.00. The maximum Gasteiger partial charge on any atom is 0.141 e. The van der Waals surface area contributed by atoms with Gasteiger partial charge in [-0.2, -0.15) is 0 Å². The Balaban J connectivity index is 2.84. The average Bonchev–Trinajstić information content (AvgIpc) is 2.05. The second-order valence-electron chi connectivity index (χ2n) is 2.00. The van der Waals surface area contributed by atoms with Crippen LogP contribution >= 0.6 is 0 Å². The van der Waals surface area contributed by atoms with Crippen LogP contribution in [-0.4, -0.2) is 6.29 Å². The molecule has 51 valence electrons. The molecule has 0 fully saturated rings. The summed E-state index contributed by atoms with van der Waals surface area (Å²) in [6.07, 6.45) is 0.718. The van der Waals surface area contributed by atoms with Crippen LogP contribution in [0.4, 0.5) is 0 Å². The lowest BCUT2D eigenvalue weighted by molar-refractivity contribution is -0.109. The lowest BCUT2D eigenvalue weighted by atomic mass is 10.1. The van der Waals surface area contributed by atoms with E-state index in [-0.39, 0.29) is 0 Å². The molecule has 1 atom stereocenters. The third kappa shape index (κ3) is 1.42. The molecule has 0 saturated carbocycles. The van der Waals surface area contributed by atoms with E-state index in [4.69, 9.17) is 5.73 Å². The van der Waals surface area contributed by atoms with Gasteiger partial charge in [-0.15, -0.1) is 0 Å². The van der Waals surface area contributed by atoms with Crippen LogP contribution in [0.5, 0.6) is 0 Å². The molecular weight excluding hydrogens is 126 g/mol. The zero-order valence-electron chi connectivity index (χ0n) is 5.45. The number of carbonyl (C=O) groups excluding carboxylic acids is 1. The van der Waals surface area contributed by atoms with Gasteiger partial charge in [0.25, 0.3) is 0 Å². The lowest BCUT2D eigenvalue weighted by Gasteiger charge is -2.00. The molecule has 1 radical (unpaired) electrons. The predicted octanol–water partition coefficient (Wildman–Crippen LogP) is 0.685. The van der Waals surface area contributed by atoms with Crippen LogP contribution in [-0.2, 0) is 4.79 Å². The molecule has 0 aliphatic heterocycles. The highest BCUT2D eigenvalue weighted by Crippen LogP contribution is 2.04. The minimum absolute atomic E-state index is 0.491. The Hall–Kier alpha value is -1.15. The topological polar surface area (TPSA) is 43.1 Å². The first-order valence-electron chi connectivity index (χ1n) is 3.01. The predicted molar refractivity (Wildman–Crippen MR) is 38.3 cm³/mol. The quantitative estimate of drug-likeness (QED) is 0.604. The maximum absolute atomic E-state index is 10.2. The van der Waals surface area contributed by atoms with Gasteiger partial charge in [-0.05, 0) is 11.6 Å². The van der Waals surface area contributed by atoms with Crippen LogP contribution in [0.15, 0.2) is 24.3 Å². The van der Waals surface area contributed by atoms with Gasteiger partial charge in [0.1, 0.15) is 6.29 Å². The maximum atomic E-state index is 10.2. The monoisotopic (exact) mass is 134 g/mol. The Bertz CT molecular complexity index is 208. The molecular formula is C8H8NO. The summed E-state index contributed by atoms with van der Waals surface area (Å²) in [6.45, 7) is 0. The van der Waals surface area contributed by atoms with E-state index in [0.717, 1.165) is 11.8 Å². The molecule has 1 unspecified atom stereocenters. The highest BCUT2D eigenvalue weighted by atomic mass is 16.1. The van der Waals surface area contributed by atoms with Crippen molar-refractivity contribution in [2.24, 2.45) is 5.73 Å². The normalized spacial score (nSPS) is 12.5. The van der Waals surface area contributed by atoms with Crippen molar-refractivity contribution in [1.82, 2.24) is 0 Å². The number of hydrogen-bond donors (Lipinski definition) is 1. The lowest BCUT2D eigenvalue weighted by Crippen LogP contribution is -2.10. The SMILES string of the molecule is NC(C=O)c1cc[c]cc1. The fourth-order valence-electron chi connectivity index (χ4n) is 0.701. The smallest absolute Gasteiger partial charge is 0.141 e. The Labute approximate surface area is 59.7 Å². The molecule has 1 aromatic rings. The first-order valence-corrected chi connectivity index (χ1v) is 3.01. The number of rotatable bonds is 2. The number of aldehydes is 1. The summed E-state index contributed by atoms with van der Waals surface area (Å²) in [5.74, 6) is 0. The second kappa shape index (κ2) is 3.13. The zero-order chi connectivity index (χ0) is 7.40. The minimum atomic E-state index is -0.491. The molecule has 1 aromatic carbocycles. The third-order valence-electron chi connectivity index (χ3n) is 1.28. The van der Waals surface area contributed by atoms with Gasteiger partial charge < -0.3 is 10.5 Å². The van der Waals surface area contributed by atoms with Crippen molar-refractivity contribution >= 4 is 6.29 Å². The van der Waals surface area contributed by atoms with Gasteiger partial charge in [0.2, 0.25) is 0 Å². The van der Waals surface area contributed by atoms with Crippen LogP contribution in [0, 0.1) is 6.07 Å². The molecule has 0 heterocycles. The summed E-state index contributed by atoms with van der Waals surface area (Å²) < 4.78 is 0.